The van der Waals surface area contributed by atoms with Crippen molar-refractivity contribution in [3.63, 3.8) is 0 Å². The Morgan fingerprint density at radius 3 is 2.69 bits per heavy atom. The maximum atomic E-state index is 14.2. The van der Waals surface area contributed by atoms with Gasteiger partial charge in [0.15, 0.2) is 11.5 Å². The van der Waals surface area contributed by atoms with Gasteiger partial charge in [0.2, 0.25) is 11.8 Å². The number of amides is 2. The SMILES string of the molecule is C=C1COc2c(ccc3c2NC(=O)[C@@]32C[C@]34CN5CCCC[C@]5(CC3C2(C)C)C(=O)N4C)OC1(C)C. The van der Waals surface area contributed by atoms with E-state index in [0.29, 0.717) is 24.5 Å². The number of anilines is 1. The molecule has 4 atom stereocenters. The summed E-state index contributed by atoms with van der Waals surface area (Å²) in [4.78, 5) is 32.6. The van der Waals surface area contributed by atoms with Gasteiger partial charge in [-0.3, -0.25) is 14.5 Å². The van der Waals surface area contributed by atoms with Crippen molar-refractivity contribution < 1.29 is 19.1 Å². The minimum atomic E-state index is -0.751. The molecule has 1 aliphatic carbocycles. The van der Waals surface area contributed by atoms with Crippen molar-refractivity contribution in [1.82, 2.24) is 9.80 Å². The fraction of sp³-hybridized carbons (Fsp3) is 0.655. The number of hydrogen-bond acceptors (Lipinski definition) is 5. The summed E-state index contributed by atoms with van der Waals surface area (Å²) >= 11 is 0. The van der Waals surface area contributed by atoms with Gasteiger partial charge < -0.3 is 19.7 Å². The molecular formula is C29H37N3O4. The maximum Gasteiger partial charge on any atom is 0.243 e. The number of nitrogens with one attached hydrogen (secondary N) is 1. The first-order chi connectivity index (χ1) is 16.9. The van der Waals surface area contributed by atoms with Gasteiger partial charge in [-0.2, -0.15) is 0 Å². The third kappa shape index (κ3) is 2.27. The van der Waals surface area contributed by atoms with Gasteiger partial charge in [-0.25, -0.2) is 0 Å². The van der Waals surface area contributed by atoms with E-state index >= 15 is 0 Å². The second-order valence-corrected chi connectivity index (χ2v) is 13.2. The molecular weight excluding hydrogens is 454 g/mol. The van der Waals surface area contributed by atoms with E-state index in [-0.39, 0.29) is 28.7 Å². The summed E-state index contributed by atoms with van der Waals surface area (Å²) in [6, 6.07) is 4.02. The lowest BCUT2D eigenvalue weighted by Gasteiger charge is -2.67. The summed E-state index contributed by atoms with van der Waals surface area (Å²) < 4.78 is 12.6. The number of fused-ring (bicyclic) bond motifs is 5. The van der Waals surface area contributed by atoms with Gasteiger partial charge >= 0.3 is 0 Å². The van der Waals surface area contributed by atoms with Crippen molar-refractivity contribution in [3.8, 4) is 11.5 Å². The molecule has 192 valence electrons. The fourth-order valence-electron chi connectivity index (χ4n) is 9.02. The number of ether oxygens (including phenoxy) is 2. The van der Waals surface area contributed by atoms with Crippen LogP contribution in [-0.2, 0) is 15.0 Å². The predicted octanol–water partition coefficient (Wildman–Crippen LogP) is 3.87. The van der Waals surface area contributed by atoms with Crippen LogP contribution in [0.5, 0.6) is 11.5 Å². The van der Waals surface area contributed by atoms with Crippen LogP contribution < -0.4 is 14.8 Å². The van der Waals surface area contributed by atoms with E-state index in [9.17, 15) is 9.59 Å². The predicted molar refractivity (Wildman–Crippen MR) is 136 cm³/mol. The van der Waals surface area contributed by atoms with Crippen molar-refractivity contribution in [1.29, 1.82) is 0 Å². The molecule has 0 radical (unpaired) electrons. The summed E-state index contributed by atoms with van der Waals surface area (Å²) in [7, 11) is 1.99. The van der Waals surface area contributed by atoms with Crippen molar-refractivity contribution in [2.75, 3.05) is 32.1 Å². The van der Waals surface area contributed by atoms with Crippen LogP contribution in [0.15, 0.2) is 24.3 Å². The first kappa shape index (κ1) is 22.6. The molecule has 7 aliphatic rings. The van der Waals surface area contributed by atoms with E-state index < -0.39 is 16.6 Å². The third-order valence-corrected chi connectivity index (χ3v) is 11.3. The molecule has 8 rings (SSSR count). The summed E-state index contributed by atoms with van der Waals surface area (Å²) in [6.07, 6.45) is 4.63. The molecule has 1 aromatic carbocycles. The maximum absolute atomic E-state index is 14.2. The Labute approximate surface area is 213 Å². The van der Waals surface area contributed by atoms with Gasteiger partial charge in [0.05, 0.1) is 16.6 Å². The molecule has 36 heavy (non-hydrogen) atoms. The minimum absolute atomic E-state index is 0.0189. The molecule has 1 saturated carbocycles. The van der Waals surface area contributed by atoms with E-state index in [1.807, 2.05) is 27.0 Å². The van der Waals surface area contributed by atoms with Gasteiger partial charge in [-0.05, 0) is 75.5 Å². The van der Waals surface area contributed by atoms with Crippen molar-refractivity contribution >= 4 is 17.5 Å². The zero-order valence-electron chi connectivity index (χ0n) is 22.1. The number of piperidine rings is 3. The minimum Gasteiger partial charge on any atom is -0.483 e. The first-order valence-corrected chi connectivity index (χ1v) is 13.4. The largest absolute Gasteiger partial charge is 0.483 e. The molecule has 1 unspecified atom stereocenters. The number of nitrogens with zero attached hydrogens (tertiary/aromatic N) is 2. The first-order valence-electron chi connectivity index (χ1n) is 13.4. The highest BCUT2D eigenvalue weighted by Gasteiger charge is 2.79. The molecule has 7 nitrogen and oxygen atoms in total. The highest BCUT2D eigenvalue weighted by molar-refractivity contribution is 6.09. The Morgan fingerprint density at radius 1 is 1.14 bits per heavy atom. The Balaban J connectivity index is 1.40. The van der Waals surface area contributed by atoms with Gasteiger partial charge in [0.25, 0.3) is 0 Å². The molecule has 5 fully saturated rings. The van der Waals surface area contributed by atoms with E-state index in [0.717, 1.165) is 55.6 Å². The number of carbonyl (C=O) groups excluding carboxylic acids is 2. The van der Waals surface area contributed by atoms with Crippen LogP contribution in [-0.4, -0.2) is 65.0 Å². The topological polar surface area (TPSA) is 71.1 Å². The molecule has 7 heteroatoms. The zero-order valence-corrected chi connectivity index (χ0v) is 22.1. The second-order valence-electron chi connectivity index (χ2n) is 13.2. The van der Waals surface area contributed by atoms with Gasteiger partial charge in [-0.1, -0.05) is 26.5 Å². The number of rotatable bonds is 0. The van der Waals surface area contributed by atoms with E-state index in [2.05, 4.69) is 41.6 Å². The quantitative estimate of drug-likeness (QED) is 0.558. The van der Waals surface area contributed by atoms with Gasteiger partial charge in [0.1, 0.15) is 17.7 Å². The summed E-state index contributed by atoms with van der Waals surface area (Å²) in [5.41, 5.74) is 0.127. The Morgan fingerprint density at radius 2 is 1.92 bits per heavy atom. The normalized spacial score (nSPS) is 39.5. The van der Waals surface area contributed by atoms with Crippen LogP contribution in [0.1, 0.15) is 65.4 Å². The van der Waals surface area contributed by atoms with E-state index in [1.165, 1.54) is 0 Å². The van der Waals surface area contributed by atoms with Crippen LogP contribution in [0.25, 0.3) is 0 Å². The van der Waals surface area contributed by atoms with Crippen LogP contribution in [0.4, 0.5) is 5.69 Å². The van der Waals surface area contributed by atoms with E-state index in [4.69, 9.17) is 9.47 Å². The molecule has 4 saturated heterocycles. The Kier molecular flexibility index (Phi) is 4.07. The number of benzene rings is 1. The molecule has 3 spiro atoms. The molecule has 1 N–H and O–H groups in total. The Bertz CT molecular complexity index is 1250. The van der Waals surface area contributed by atoms with Crippen LogP contribution in [0, 0.1) is 11.3 Å². The average molecular weight is 492 g/mol. The number of piperazine rings is 1. The number of hydrogen-bond donors (Lipinski definition) is 1. The lowest BCUT2D eigenvalue weighted by Crippen LogP contribution is -2.80. The Hall–Kier alpha value is -2.54. The summed E-state index contributed by atoms with van der Waals surface area (Å²) in [5, 5.41) is 3.24. The van der Waals surface area contributed by atoms with Gasteiger partial charge in [0, 0.05) is 19.2 Å². The van der Waals surface area contributed by atoms with Gasteiger partial charge in [-0.15, -0.1) is 0 Å². The monoisotopic (exact) mass is 491 g/mol. The van der Waals surface area contributed by atoms with E-state index in [1.54, 1.807) is 0 Å². The molecule has 6 heterocycles. The average Bonchev–Trinajstić information content (AvgIpc) is 3.18. The molecule has 2 bridgehead atoms. The van der Waals surface area contributed by atoms with Crippen molar-refractivity contribution in [2.24, 2.45) is 11.3 Å². The smallest absolute Gasteiger partial charge is 0.243 e. The summed E-state index contributed by atoms with van der Waals surface area (Å²) in [5.74, 6) is 1.73. The number of carbonyl (C=O) groups is 2. The third-order valence-electron chi connectivity index (χ3n) is 11.3. The standard InChI is InChI=1S/C29H37N3O4/c1-17-14-35-22-19(36-26(17,4)5)10-9-18-21(22)30-23(33)29(18)15-28-16-32-12-8-7-11-27(32,24(34)31(28)6)13-20(28)25(29,2)3/h9-10,20H,1,7-8,11-16H2,2-6H3,(H,30,33)/t20?,27-,28-,29+/m0/s1. The van der Waals surface area contributed by atoms with Crippen LogP contribution in [0.2, 0.25) is 0 Å². The lowest BCUT2D eigenvalue weighted by molar-refractivity contribution is -0.196. The highest BCUT2D eigenvalue weighted by atomic mass is 16.5. The fourth-order valence-corrected chi connectivity index (χ4v) is 9.02. The molecule has 1 aromatic rings. The zero-order chi connectivity index (χ0) is 25.5. The number of likely N-dealkylation sites (N-methyl/N-ethyl adjacent to an activating group) is 1. The van der Waals surface area contributed by atoms with Crippen LogP contribution >= 0.6 is 0 Å². The van der Waals surface area contributed by atoms with Crippen LogP contribution in [0.3, 0.4) is 0 Å². The second kappa shape index (κ2) is 6.47. The molecule has 2 amide bonds. The summed E-state index contributed by atoms with van der Waals surface area (Å²) in [6.45, 7) is 14.8. The van der Waals surface area contributed by atoms with Crippen molar-refractivity contribution in [3.05, 3.63) is 29.8 Å². The van der Waals surface area contributed by atoms with Crippen molar-refractivity contribution in [2.45, 2.75) is 81.9 Å². The lowest BCUT2D eigenvalue weighted by atomic mass is 9.56. The highest BCUT2D eigenvalue weighted by Crippen LogP contribution is 2.72. The molecule has 6 aliphatic heterocycles. The molecule has 0 aromatic heterocycles.